The monoisotopic (exact) mass is 560 g/mol. The fourth-order valence-electron chi connectivity index (χ4n) is 2.77. The zero-order valence-corrected chi connectivity index (χ0v) is 21.5. The van der Waals surface area contributed by atoms with Gasteiger partial charge >= 0.3 is 0 Å². The molecule has 0 spiro atoms. The van der Waals surface area contributed by atoms with Gasteiger partial charge in [0.25, 0.3) is 0 Å². The van der Waals surface area contributed by atoms with Gasteiger partial charge in [-0.2, -0.15) is 0 Å². The van der Waals surface area contributed by atoms with Crippen molar-refractivity contribution in [1.29, 1.82) is 0 Å². The fourth-order valence-corrected chi connectivity index (χ4v) is 3.40. The van der Waals surface area contributed by atoms with Gasteiger partial charge < -0.3 is 20.7 Å². The number of methoxy groups -OCH3 is 1. The third-order valence-electron chi connectivity index (χ3n) is 4.41. The predicted octanol–water partition coefficient (Wildman–Crippen LogP) is 3.06. The average Bonchev–Trinajstić information content (AvgIpc) is 2.73. The maximum Gasteiger partial charge on any atom is 0.191 e. The normalized spacial score (nSPS) is 11.5. The number of rotatable bonds is 11. The number of nitrogens with one attached hydrogen (secondary N) is 3. The summed E-state index contributed by atoms with van der Waals surface area (Å²) in [7, 11) is -1.47. The highest BCUT2D eigenvalue weighted by Gasteiger charge is 2.06. The lowest BCUT2D eigenvalue weighted by atomic mass is 10.1. The molecule has 0 bridgehead atoms. The van der Waals surface area contributed by atoms with Crippen molar-refractivity contribution in [2.24, 2.45) is 4.99 Å². The number of sulfone groups is 1. The van der Waals surface area contributed by atoms with Crippen molar-refractivity contribution in [2.45, 2.75) is 24.8 Å². The van der Waals surface area contributed by atoms with Crippen molar-refractivity contribution < 1.29 is 13.2 Å². The second-order valence-electron chi connectivity index (χ2n) is 6.90. The number of hydrogen-bond acceptors (Lipinski definition) is 5. The third kappa shape index (κ3) is 10.3. The molecule has 2 aromatic carbocycles. The Morgan fingerprint density at radius 3 is 2.19 bits per heavy atom. The van der Waals surface area contributed by atoms with Crippen LogP contribution in [-0.4, -0.2) is 54.0 Å². The molecule has 0 atom stereocenters. The summed E-state index contributed by atoms with van der Waals surface area (Å²) in [6, 6.07) is 15.2. The number of guanidine groups is 1. The molecule has 7 nitrogen and oxygen atoms in total. The van der Waals surface area contributed by atoms with E-state index in [1.807, 2.05) is 31.2 Å². The minimum Gasteiger partial charge on any atom is -0.383 e. The fraction of sp³-hybridized carbons (Fsp3) is 0.409. The number of hydrogen-bond donors (Lipinski definition) is 3. The molecule has 2 rings (SSSR count). The van der Waals surface area contributed by atoms with Crippen LogP contribution in [0.2, 0.25) is 0 Å². The number of halogens is 1. The molecule has 172 valence electrons. The van der Waals surface area contributed by atoms with Crippen LogP contribution in [0.1, 0.15) is 18.1 Å². The molecule has 0 radical (unpaired) electrons. The molecule has 0 saturated heterocycles. The van der Waals surface area contributed by atoms with E-state index in [0.717, 1.165) is 42.3 Å². The molecule has 0 saturated carbocycles. The van der Waals surface area contributed by atoms with Crippen molar-refractivity contribution >= 4 is 45.5 Å². The summed E-state index contributed by atoms with van der Waals surface area (Å²) in [5.74, 6) is 0.757. The molecule has 0 amide bonds. The highest BCUT2D eigenvalue weighted by Crippen LogP contribution is 2.11. The second-order valence-corrected chi connectivity index (χ2v) is 8.92. The minimum atomic E-state index is -3.16. The Morgan fingerprint density at radius 2 is 1.61 bits per heavy atom. The van der Waals surface area contributed by atoms with E-state index in [-0.39, 0.29) is 24.0 Å². The first-order valence-corrected chi connectivity index (χ1v) is 11.9. The number of aliphatic imine (C=N–C) groups is 1. The van der Waals surface area contributed by atoms with Crippen LogP contribution in [0.4, 0.5) is 5.69 Å². The maximum atomic E-state index is 11.5. The van der Waals surface area contributed by atoms with Gasteiger partial charge in [0.1, 0.15) is 0 Å². The quantitative estimate of drug-likeness (QED) is 0.169. The lowest BCUT2D eigenvalue weighted by molar-refractivity contribution is 0.211. The third-order valence-corrected chi connectivity index (χ3v) is 5.54. The molecule has 9 heteroatoms. The van der Waals surface area contributed by atoms with Crippen LogP contribution in [0, 0.1) is 0 Å². The molecular weight excluding hydrogens is 527 g/mol. The van der Waals surface area contributed by atoms with E-state index in [2.05, 4.69) is 33.1 Å². The van der Waals surface area contributed by atoms with Crippen LogP contribution in [-0.2, 0) is 27.5 Å². The lowest BCUT2D eigenvalue weighted by Crippen LogP contribution is -2.38. The number of nitrogens with zero attached hydrogens (tertiary/aromatic N) is 1. The molecule has 0 unspecified atom stereocenters. The summed E-state index contributed by atoms with van der Waals surface area (Å²) in [5, 5.41) is 9.87. The van der Waals surface area contributed by atoms with E-state index >= 15 is 0 Å². The SMILES string of the molecule is CCNC(=NCc1ccc(NCCOC)cc1)NCCc1ccc(S(C)(=O)=O)cc1.I. The Bertz CT molecular complexity index is 901. The van der Waals surface area contributed by atoms with E-state index in [4.69, 9.17) is 4.74 Å². The van der Waals surface area contributed by atoms with E-state index in [0.29, 0.717) is 24.6 Å². The second kappa shape index (κ2) is 14.3. The van der Waals surface area contributed by atoms with E-state index in [1.165, 1.54) is 6.26 Å². The van der Waals surface area contributed by atoms with E-state index in [9.17, 15) is 8.42 Å². The first-order valence-electron chi connectivity index (χ1n) is 10.1. The van der Waals surface area contributed by atoms with Gasteiger partial charge in [-0.15, -0.1) is 24.0 Å². The van der Waals surface area contributed by atoms with Crippen LogP contribution in [0.3, 0.4) is 0 Å². The largest absolute Gasteiger partial charge is 0.383 e. The van der Waals surface area contributed by atoms with Crippen LogP contribution < -0.4 is 16.0 Å². The van der Waals surface area contributed by atoms with Gasteiger partial charge in [-0.25, -0.2) is 13.4 Å². The first kappa shape index (κ1) is 27.2. The van der Waals surface area contributed by atoms with Gasteiger partial charge in [-0.3, -0.25) is 0 Å². The summed E-state index contributed by atoms with van der Waals surface area (Å²) in [4.78, 5) is 4.98. The van der Waals surface area contributed by atoms with Crippen LogP contribution in [0.5, 0.6) is 0 Å². The summed E-state index contributed by atoms with van der Waals surface area (Å²) in [6.45, 7) is 5.53. The minimum absolute atomic E-state index is 0. The van der Waals surface area contributed by atoms with Crippen molar-refractivity contribution in [1.82, 2.24) is 10.6 Å². The molecule has 31 heavy (non-hydrogen) atoms. The van der Waals surface area contributed by atoms with Crippen LogP contribution in [0.15, 0.2) is 58.4 Å². The number of ether oxygens (including phenoxy) is 1. The highest BCUT2D eigenvalue weighted by molar-refractivity contribution is 14.0. The molecule has 3 N–H and O–H groups in total. The van der Waals surface area contributed by atoms with Gasteiger partial charge in [0.15, 0.2) is 15.8 Å². The van der Waals surface area contributed by atoms with Crippen molar-refractivity contribution in [3.63, 3.8) is 0 Å². The molecule has 0 aliphatic heterocycles. The molecule has 0 fully saturated rings. The first-order chi connectivity index (χ1) is 14.4. The molecule has 2 aromatic rings. The van der Waals surface area contributed by atoms with Gasteiger partial charge in [0, 0.05) is 38.7 Å². The molecule has 0 aliphatic rings. The van der Waals surface area contributed by atoms with Crippen molar-refractivity contribution in [3.8, 4) is 0 Å². The molecule has 0 heterocycles. The summed E-state index contributed by atoms with van der Waals surface area (Å²) < 4.78 is 28.1. The Labute approximate surface area is 203 Å². The zero-order chi connectivity index (χ0) is 21.8. The Balaban J connectivity index is 0.00000480. The zero-order valence-electron chi connectivity index (χ0n) is 18.3. The topological polar surface area (TPSA) is 91.8 Å². The summed E-state index contributed by atoms with van der Waals surface area (Å²) in [5.41, 5.74) is 3.26. The van der Waals surface area contributed by atoms with Crippen LogP contribution in [0.25, 0.3) is 0 Å². The van der Waals surface area contributed by atoms with Crippen molar-refractivity contribution in [2.75, 3.05) is 44.9 Å². The Kier molecular flexibility index (Phi) is 12.5. The predicted molar refractivity (Wildman–Crippen MR) is 138 cm³/mol. The maximum absolute atomic E-state index is 11.5. The summed E-state index contributed by atoms with van der Waals surface area (Å²) in [6.07, 6.45) is 1.99. The van der Waals surface area contributed by atoms with E-state index in [1.54, 1.807) is 19.2 Å². The van der Waals surface area contributed by atoms with E-state index < -0.39 is 9.84 Å². The van der Waals surface area contributed by atoms with Gasteiger partial charge in [0.05, 0.1) is 18.0 Å². The van der Waals surface area contributed by atoms with Crippen molar-refractivity contribution in [3.05, 3.63) is 59.7 Å². The Morgan fingerprint density at radius 1 is 0.968 bits per heavy atom. The summed E-state index contributed by atoms with van der Waals surface area (Å²) >= 11 is 0. The van der Waals surface area contributed by atoms with Gasteiger partial charge in [-0.1, -0.05) is 24.3 Å². The smallest absolute Gasteiger partial charge is 0.191 e. The molecule has 0 aromatic heterocycles. The van der Waals surface area contributed by atoms with Gasteiger partial charge in [-0.05, 0) is 48.7 Å². The molecule has 0 aliphatic carbocycles. The lowest BCUT2D eigenvalue weighted by Gasteiger charge is -2.12. The highest BCUT2D eigenvalue weighted by atomic mass is 127. The standard InChI is InChI=1S/C22H32N4O3S.HI/c1-4-23-22(25-14-13-18-7-11-21(12-8-18)30(3,27)28)26-17-19-5-9-20(10-6-19)24-15-16-29-2;/h5-12,24H,4,13-17H2,1-3H3,(H2,23,25,26);1H. The Hall–Kier alpha value is -1.85. The van der Waals surface area contributed by atoms with Gasteiger partial charge in [0.2, 0.25) is 0 Å². The molecular formula is C22H33IN4O3S. The average molecular weight is 561 g/mol. The number of anilines is 1. The van der Waals surface area contributed by atoms with Crippen LogP contribution >= 0.6 is 24.0 Å². The number of benzene rings is 2.